The molecule has 1 aromatic rings. The molecule has 1 aliphatic rings. The summed E-state index contributed by atoms with van der Waals surface area (Å²) in [6.45, 7) is 8.29. The van der Waals surface area contributed by atoms with Crippen molar-refractivity contribution in [3.8, 4) is 0 Å². The largest absolute Gasteiger partial charge is 0.340 e. The first kappa shape index (κ1) is 16.0. The molecule has 1 saturated heterocycles. The Bertz CT molecular complexity index is 467. The fourth-order valence-corrected chi connectivity index (χ4v) is 2.79. The van der Waals surface area contributed by atoms with Gasteiger partial charge in [-0.15, -0.1) is 0 Å². The molecule has 1 N–H and O–H groups in total. The third kappa shape index (κ3) is 4.31. The minimum Gasteiger partial charge on any atom is -0.340 e. The van der Waals surface area contributed by atoms with E-state index in [4.69, 9.17) is 0 Å². The molecule has 116 valence electrons. The van der Waals surface area contributed by atoms with Crippen molar-refractivity contribution in [1.29, 1.82) is 0 Å². The lowest BCUT2D eigenvalue weighted by atomic mass is 9.87. The fraction of sp³-hybridized carbons (Fsp3) is 0.611. The van der Waals surface area contributed by atoms with E-state index in [0.717, 1.165) is 19.4 Å². The van der Waals surface area contributed by atoms with Gasteiger partial charge in [-0.25, -0.2) is 0 Å². The molecule has 1 amide bonds. The number of rotatable bonds is 3. The highest BCUT2D eigenvalue weighted by Crippen LogP contribution is 2.22. The topological polar surface area (TPSA) is 32.3 Å². The van der Waals surface area contributed by atoms with E-state index in [-0.39, 0.29) is 17.4 Å². The van der Waals surface area contributed by atoms with Crippen molar-refractivity contribution in [1.82, 2.24) is 10.2 Å². The van der Waals surface area contributed by atoms with Crippen molar-refractivity contribution < 1.29 is 4.79 Å². The molecule has 0 saturated carbocycles. The van der Waals surface area contributed by atoms with Crippen molar-refractivity contribution in [2.24, 2.45) is 0 Å². The molecule has 1 heterocycles. The molecule has 1 aliphatic heterocycles. The number of hydrogen-bond acceptors (Lipinski definition) is 2. The standard InChI is InChI=1S/C18H28N2O/c1-18(2,3)15-10-8-14(9-11-15)13-20(4)17(21)16-7-5-6-12-19-16/h8-11,16,19H,5-7,12-13H2,1-4H3/t16-/m1/s1. The number of carbonyl (C=O) groups is 1. The van der Waals surface area contributed by atoms with E-state index in [1.54, 1.807) is 0 Å². The molecule has 3 nitrogen and oxygen atoms in total. The number of nitrogens with zero attached hydrogens (tertiary/aromatic N) is 1. The second-order valence-electron chi connectivity index (χ2n) is 7.14. The van der Waals surface area contributed by atoms with Gasteiger partial charge >= 0.3 is 0 Å². The lowest BCUT2D eigenvalue weighted by molar-refractivity contribution is -0.133. The van der Waals surface area contributed by atoms with Crippen LogP contribution in [-0.4, -0.2) is 30.4 Å². The van der Waals surface area contributed by atoms with Crippen LogP contribution in [0.1, 0.15) is 51.2 Å². The summed E-state index contributed by atoms with van der Waals surface area (Å²) in [5.41, 5.74) is 2.69. The van der Waals surface area contributed by atoms with Crippen LogP contribution < -0.4 is 5.32 Å². The Kier molecular flexibility index (Phi) is 5.04. The predicted molar refractivity (Wildman–Crippen MR) is 87.3 cm³/mol. The molecule has 0 radical (unpaired) electrons. The predicted octanol–water partition coefficient (Wildman–Crippen LogP) is 3.08. The summed E-state index contributed by atoms with van der Waals surface area (Å²) in [5, 5.41) is 3.32. The molecule has 3 heteroatoms. The van der Waals surface area contributed by atoms with Crippen molar-refractivity contribution in [3.63, 3.8) is 0 Å². The van der Waals surface area contributed by atoms with Gasteiger partial charge in [-0.2, -0.15) is 0 Å². The summed E-state index contributed by atoms with van der Waals surface area (Å²) in [6, 6.07) is 8.63. The molecule has 1 aromatic carbocycles. The highest BCUT2D eigenvalue weighted by Gasteiger charge is 2.23. The summed E-state index contributed by atoms with van der Waals surface area (Å²) in [6.07, 6.45) is 3.30. The Balaban J connectivity index is 1.95. The number of piperidine rings is 1. The van der Waals surface area contributed by atoms with Crippen LogP contribution in [0.5, 0.6) is 0 Å². The van der Waals surface area contributed by atoms with Crippen molar-refractivity contribution in [3.05, 3.63) is 35.4 Å². The van der Waals surface area contributed by atoms with Gasteiger partial charge in [-0.05, 0) is 35.9 Å². The smallest absolute Gasteiger partial charge is 0.239 e. The normalized spacial score (nSPS) is 19.3. The number of carbonyl (C=O) groups excluding carboxylic acids is 1. The minimum atomic E-state index is 0.0117. The lowest BCUT2D eigenvalue weighted by Crippen LogP contribution is -2.46. The summed E-state index contributed by atoms with van der Waals surface area (Å²) in [5.74, 6) is 0.217. The zero-order valence-electron chi connectivity index (χ0n) is 13.8. The average Bonchev–Trinajstić information content (AvgIpc) is 2.47. The average molecular weight is 288 g/mol. The van der Waals surface area contributed by atoms with Gasteiger partial charge in [0, 0.05) is 13.6 Å². The van der Waals surface area contributed by atoms with Crippen LogP contribution in [0.25, 0.3) is 0 Å². The first-order valence-corrected chi connectivity index (χ1v) is 7.96. The molecule has 21 heavy (non-hydrogen) atoms. The molecule has 1 atom stereocenters. The Labute approximate surface area is 128 Å². The molecule has 0 bridgehead atoms. The van der Waals surface area contributed by atoms with Gasteiger partial charge in [-0.1, -0.05) is 51.5 Å². The molecular weight excluding hydrogens is 260 g/mol. The maximum absolute atomic E-state index is 12.4. The van der Waals surface area contributed by atoms with Gasteiger partial charge < -0.3 is 10.2 Å². The summed E-state index contributed by atoms with van der Waals surface area (Å²) >= 11 is 0. The highest BCUT2D eigenvalue weighted by molar-refractivity contribution is 5.81. The molecule has 2 rings (SSSR count). The Morgan fingerprint density at radius 2 is 1.90 bits per heavy atom. The molecular formula is C18H28N2O. The van der Waals surface area contributed by atoms with E-state index in [0.29, 0.717) is 6.54 Å². The molecule has 0 spiro atoms. The van der Waals surface area contributed by atoms with Crippen LogP contribution in [0.4, 0.5) is 0 Å². The maximum atomic E-state index is 12.4. The van der Waals surface area contributed by atoms with E-state index in [1.807, 2.05) is 11.9 Å². The van der Waals surface area contributed by atoms with E-state index < -0.39 is 0 Å². The third-order valence-corrected chi connectivity index (χ3v) is 4.22. The Hall–Kier alpha value is -1.35. The van der Waals surface area contributed by atoms with Gasteiger partial charge in [-0.3, -0.25) is 4.79 Å². The summed E-state index contributed by atoms with van der Waals surface area (Å²) in [7, 11) is 1.90. The number of hydrogen-bond donors (Lipinski definition) is 1. The second-order valence-corrected chi connectivity index (χ2v) is 7.14. The van der Waals surface area contributed by atoms with E-state index in [9.17, 15) is 4.79 Å². The van der Waals surface area contributed by atoms with E-state index in [1.165, 1.54) is 17.5 Å². The van der Waals surface area contributed by atoms with Crippen LogP contribution in [0.2, 0.25) is 0 Å². The lowest BCUT2D eigenvalue weighted by Gasteiger charge is -2.27. The van der Waals surface area contributed by atoms with Crippen LogP contribution in [-0.2, 0) is 16.8 Å². The number of likely N-dealkylation sites (N-methyl/N-ethyl adjacent to an activating group) is 1. The van der Waals surface area contributed by atoms with Crippen molar-refractivity contribution in [2.45, 2.75) is 58.0 Å². The second kappa shape index (κ2) is 6.61. The molecule has 0 aromatic heterocycles. The SMILES string of the molecule is CN(Cc1ccc(C(C)(C)C)cc1)C(=O)[C@H]1CCCCN1. The number of amides is 1. The van der Waals surface area contributed by atoms with Gasteiger partial charge in [0.2, 0.25) is 5.91 Å². The maximum Gasteiger partial charge on any atom is 0.239 e. The van der Waals surface area contributed by atoms with Crippen molar-refractivity contribution >= 4 is 5.91 Å². The zero-order valence-corrected chi connectivity index (χ0v) is 13.8. The molecule has 0 unspecified atom stereocenters. The molecule has 0 aliphatic carbocycles. The highest BCUT2D eigenvalue weighted by atomic mass is 16.2. The summed E-state index contributed by atoms with van der Waals surface area (Å²) < 4.78 is 0. The van der Waals surface area contributed by atoms with Gasteiger partial charge in [0.25, 0.3) is 0 Å². The van der Waals surface area contributed by atoms with Crippen LogP contribution in [0, 0.1) is 0 Å². The monoisotopic (exact) mass is 288 g/mol. The van der Waals surface area contributed by atoms with Crippen LogP contribution in [0.15, 0.2) is 24.3 Å². The van der Waals surface area contributed by atoms with Gasteiger partial charge in [0.05, 0.1) is 6.04 Å². The van der Waals surface area contributed by atoms with Crippen LogP contribution in [0.3, 0.4) is 0 Å². The Morgan fingerprint density at radius 1 is 1.24 bits per heavy atom. The summed E-state index contributed by atoms with van der Waals surface area (Å²) in [4.78, 5) is 14.2. The number of nitrogens with one attached hydrogen (secondary N) is 1. The first-order valence-electron chi connectivity index (χ1n) is 7.96. The first-order chi connectivity index (χ1) is 9.88. The number of benzene rings is 1. The van der Waals surface area contributed by atoms with Gasteiger partial charge in [0.15, 0.2) is 0 Å². The van der Waals surface area contributed by atoms with E-state index >= 15 is 0 Å². The minimum absolute atomic E-state index is 0.0117. The Morgan fingerprint density at radius 3 is 2.43 bits per heavy atom. The van der Waals surface area contributed by atoms with E-state index in [2.05, 4.69) is 50.4 Å². The third-order valence-electron chi connectivity index (χ3n) is 4.22. The van der Waals surface area contributed by atoms with Crippen LogP contribution >= 0.6 is 0 Å². The van der Waals surface area contributed by atoms with Crippen molar-refractivity contribution in [2.75, 3.05) is 13.6 Å². The fourth-order valence-electron chi connectivity index (χ4n) is 2.79. The van der Waals surface area contributed by atoms with Gasteiger partial charge in [0.1, 0.15) is 0 Å². The quantitative estimate of drug-likeness (QED) is 0.927. The zero-order chi connectivity index (χ0) is 15.5. The molecule has 1 fully saturated rings.